The zero-order valence-corrected chi connectivity index (χ0v) is 9.28. The number of anilines is 1. The Morgan fingerprint density at radius 1 is 1.38 bits per heavy atom. The predicted molar refractivity (Wildman–Crippen MR) is 63.1 cm³/mol. The van der Waals surface area contributed by atoms with Crippen molar-refractivity contribution in [2.75, 3.05) is 5.32 Å². The molecule has 1 aromatic heterocycles. The van der Waals surface area contributed by atoms with Gasteiger partial charge >= 0.3 is 0 Å². The molecule has 0 saturated heterocycles. The van der Waals surface area contributed by atoms with Gasteiger partial charge in [0.15, 0.2) is 0 Å². The highest BCUT2D eigenvalue weighted by molar-refractivity contribution is 6.03. The van der Waals surface area contributed by atoms with Crippen LogP contribution in [0.3, 0.4) is 0 Å². The maximum absolute atomic E-state index is 11.7. The molecule has 2 aromatic rings. The van der Waals surface area contributed by atoms with E-state index in [1.165, 1.54) is 6.26 Å². The summed E-state index contributed by atoms with van der Waals surface area (Å²) < 4.78 is 5.31. The van der Waals surface area contributed by atoms with Crippen LogP contribution in [0.1, 0.15) is 13.8 Å². The molecule has 16 heavy (non-hydrogen) atoms. The van der Waals surface area contributed by atoms with Crippen LogP contribution in [0.15, 0.2) is 34.9 Å². The first-order valence-corrected chi connectivity index (χ1v) is 5.05. The van der Waals surface area contributed by atoms with Crippen LogP contribution in [0.5, 0.6) is 0 Å². The van der Waals surface area contributed by atoms with Gasteiger partial charge in [-0.25, -0.2) is 0 Å². The molecule has 0 unspecified atom stereocenters. The standard InChI is InChI=1S/C12H14N2O2/c1-12(2,13)11(15)14-9-7-16-10-6-4-3-5-8(9)10/h3-7H,13H2,1-2H3,(H,14,15). The first kappa shape index (κ1) is 10.7. The molecular formula is C12H14N2O2. The number of carbonyl (C=O) groups excluding carboxylic acids is 1. The largest absolute Gasteiger partial charge is 0.462 e. The summed E-state index contributed by atoms with van der Waals surface area (Å²) in [5.74, 6) is -0.237. The van der Waals surface area contributed by atoms with E-state index >= 15 is 0 Å². The normalized spacial score (nSPS) is 11.7. The molecule has 0 fully saturated rings. The van der Waals surface area contributed by atoms with Crippen molar-refractivity contribution >= 4 is 22.6 Å². The van der Waals surface area contributed by atoms with Crippen molar-refractivity contribution < 1.29 is 9.21 Å². The molecule has 4 nitrogen and oxygen atoms in total. The molecule has 0 bridgehead atoms. The quantitative estimate of drug-likeness (QED) is 0.811. The fourth-order valence-electron chi connectivity index (χ4n) is 1.36. The Morgan fingerprint density at radius 3 is 2.75 bits per heavy atom. The van der Waals surface area contributed by atoms with Gasteiger partial charge in [0.25, 0.3) is 0 Å². The second kappa shape index (κ2) is 3.64. The second-order valence-corrected chi connectivity index (χ2v) is 4.32. The van der Waals surface area contributed by atoms with Gasteiger partial charge < -0.3 is 15.5 Å². The van der Waals surface area contributed by atoms with Crippen molar-refractivity contribution in [3.8, 4) is 0 Å². The van der Waals surface area contributed by atoms with Crippen LogP contribution in [0.25, 0.3) is 11.0 Å². The Kier molecular flexibility index (Phi) is 2.44. The lowest BCUT2D eigenvalue weighted by molar-refractivity contribution is -0.120. The van der Waals surface area contributed by atoms with Crippen LogP contribution < -0.4 is 11.1 Å². The molecule has 3 N–H and O–H groups in total. The molecule has 84 valence electrons. The topological polar surface area (TPSA) is 68.3 Å². The van der Waals surface area contributed by atoms with Gasteiger partial charge in [-0.15, -0.1) is 0 Å². The predicted octanol–water partition coefficient (Wildman–Crippen LogP) is 2.11. The number of nitrogens with two attached hydrogens (primary N) is 1. The van der Waals surface area contributed by atoms with Crippen molar-refractivity contribution in [1.29, 1.82) is 0 Å². The lowest BCUT2D eigenvalue weighted by Gasteiger charge is -2.16. The van der Waals surface area contributed by atoms with E-state index in [0.717, 1.165) is 11.0 Å². The van der Waals surface area contributed by atoms with Gasteiger partial charge in [0.2, 0.25) is 5.91 Å². The molecule has 0 saturated carbocycles. The fraction of sp³-hybridized carbons (Fsp3) is 0.250. The maximum atomic E-state index is 11.7. The van der Waals surface area contributed by atoms with Crippen LogP contribution in [-0.4, -0.2) is 11.4 Å². The summed E-state index contributed by atoms with van der Waals surface area (Å²) in [5, 5.41) is 3.62. The van der Waals surface area contributed by atoms with Crippen LogP contribution in [-0.2, 0) is 4.79 Å². The molecule has 4 heteroatoms. The van der Waals surface area contributed by atoms with Crippen molar-refractivity contribution in [3.05, 3.63) is 30.5 Å². The molecule has 2 rings (SSSR count). The summed E-state index contributed by atoms with van der Waals surface area (Å²) in [6, 6.07) is 7.50. The zero-order valence-electron chi connectivity index (χ0n) is 9.28. The second-order valence-electron chi connectivity index (χ2n) is 4.32. The number of hydrogen-bond donors (Lipinski definition) is 2. The van der Waals surface area contributed by atoms with Crippen molar-refractivity contribution in [2.24, 2.45) is 5.73 Å². The Labute approximate surface area is 93.4 Å². The van der Waals surface area contributed by atoms with Gasteiger partial charge in [-0.1, -0.05) is 12.1 Å². The first-order chi connectivity index (χ1) is 7.48. The van der Waals surface area contributed by atoms with E-state index < -0.39 is 5.54 Å². The lowest BCUT2D eigenvalue weighted by Crippen LogP contribution is -2.45. The highest BCUT2D eigenvalue weighted by atomic mass is 16.3. The van der Waals surface area contributed by atoms with Crippen molar-refractivity contribution in [3.63, 3.8) is 0 Å². The number of fused-ring (bicyclic) bond motifs is 1. The maximum Gasteiger partial charge on any atom is 0.243 e. The number of benzene rings is 1. The Bertz CT molecular complexity index is 523. The minimum Gasteiger partial charge on any atom is -0.462 e. The van der Waals surface area contributed by atoms with Crippen LogP contribution >= 0.6 is 0 Å². The first-order valence-electron chi connectivity index (χ1n) is 5.05. The third-order valence-electron chi connectivity index (χ3n) is 2.31. The minimum atomic E-state index is -0.904. The summed E-state index contributed by atoms with van der Waals surface area (Å²) in [6.07, 6.45) is 1.52. The number of furan rings is 1. The summed E-state index contributed by atoms with van der Waals surface area (Å²) in [6.45, 7) is 3.31. The zero-order chi connectivity index (χ0) is 11.8. The van der Waals surface area contributed by atoms with Gasteiger partial charge in [-0.2, -0.15) is 0 Å². The van der Waals surface area contributed by atoms with Crippen molar-refractivity contribution in [2.45, 2.75) is 19.4 Å². The Hall–Kier alpha value is -1.81. The molecule has 0 spiro atoms. The van der Waals surface area contributed by atoms with Gasteiger partial charge in [0.1, 0.15) is 11.8 Å². The summed E-state index contributed by atoms with van der Waals surface area (Å²) in [4.78, 5) is 11.7. The molecule has 0 radical (unpaired) electrons. The molecule has 0 aliphatic rings. The highest BCUT2D eigenvalue weighted by Gasteiger charge is 2.22. The van der Waals surface area contributed by atoms with E-state index in [0.29, 0.717) is 5.69 Å². The number of hydrogen-bond acceptors (Lipinski definition) is 3. The number of para-hydroxylation sites is 1. The van der Waals surface area contributed by atoms with E-state index in [9.17, 15) is 4.79 Å². The van der Waals surface area contributed by atoms with Gasteiger partial charge in [-0.3, -0.25) is 4.79 Å². The van der Waals surface area contributed by atoms with Gasteiger partial charge in [0, 0.05) is 5.39 Å². The third-order valence-corrected chi connectivity index (χ3v) is 2.31. The molecule has 0 aliphatic carbocycles. The van der Waals surface area contributed by atoms with Crippen molar-refractivity contribution in [1.82, 2.24) is 0 Å². The summed E-state index contributed by atoms with van der Waals surface area (Å²) in [5.41, 5.74) is 6.19. The molecule has 1 heterocycles. The van der Waals surface area contributed by atoms with E-state index in [4.69, 9.17) is 10.2 Å². The summed E-state index contributed by atoms with van der Waals surface area (Å²) in [7, 11) is 0. The lowest BCUT2D eigenvalue weighted by atomic mass is 10.1. The number of rotatable bonds is 2. The third kappa shape index (κ3) is 1.92. The Morgan fingerprint density at radius 2 is 2.06 bits per heavy atom. The van der Waals surface area contributed by atoms with E-state index in [-0.39, 0.29) is 5.91 Å². The highest BCUT2D eigenvalue weighted by Crippen LogP contribution is 2.25. The molecule has 1 aromatic carbocycles. The Balaban J connectivity index is 2.32. The number of carbonyl (C=O) groups is 1. The smallest absolute Gasteiger partial charge is 0.243 e. The molecular weight excluding hydrogens is 204 g/mol. The number of amides is 1. The average Bonchev–Trinajstić information content (AvgIpc) is 2.61. The fourth-order valence-corrected chi connectivity index (χ4v) is 1.36. The van der Waals surface area contributed by atoms with Crippen LogP contribution in [0.4, 0.5) is 5.69 Å². The SMILES string of the molecule is CC(C)(N)C(=O)Nc1coc2ccccc12. The summed E-state index contributed by atoms with van der Waals surface area (Å²) >= 11 is 0. The van der Waals surface area contributed by atoms with E-state index in [2.05, 4.69) is 5.32 Å². The van der Waals surface area contributed by atoms with E-state index in [1.807, 2.05) is 24.3 Å². The van der Waals surface area contributed by atoms with Gasteiger partial charge in [-0.05, 0) is 26.0 Å². The van der Waals surface area contributed by atoms with Gasteiger partial charge in [0.05, 0.1) is 11.2 Å². The molecule has 0 atom stereocenters. The number of nitrogens with one attached hydrogen (secondary N) is 1. The van der Waals surface area contributed by atoms with E-state index in [1.54, 1.807) is 13.8 Å². The minimum absolute atomic E-state index is 0.237. The van der Waals surface area contributed by atoms with Crippen LogP contribution in [0, 0.1) is 0 Å². The van der Waals surface area contributed by atoms with Crippen LogP contribution in [0.2, 0.25) is 0 Å². The molecule has 1 amide bonds. The molecule has 0 aliphatic heterocycles. The average molecular weight is 218 g/mol. The monoisotopic (exact) mass is 218 g/mol.